The second kappa shape index (κ2) is 6.81. The molecule has 2 N–H and O–H groups in total. The van der Waals surface area contributed by atoms with Gasteiger partial charge in [0.15, 0.2) is 5.78 Å². The first-order valence-corrected chi connectivity index (χ1v) is 5.49. The zero-order valence-corrected chi connectivity index (χ0v) is 9.36. The first kappa shape index (κ1) is 12.5. The van der Waals surface area contributed by atoms with E-state index in [1.54, 1.807) is 0 Å². The van der Waals surface area contributed by atoms with Gasteiger partial charge in [-0.2, -0.15) is 0 Å². The molecule has 1 aromatic rings. The Labute approximate surface area is 96.9 Å². The molecule has 16 heavy (non-hydrogen) atoms. The van der Waals surface area contributed by atoms with Crippen LogP contribution in [0.3, 0.4) is 0 Å². The zero-order chi connectivity index (χ0) is 11.8. The number of carbonyl (C=O) groups excluding carboxylic acids is 1. The predicted molar refractivity (Wildman–Crippen MR) is 65.8 cm³/mol. The van der Waals surface area contributed by atoms with Crippen molar-refractivity contribution in [2.75, 3.05) is 0 Å². The van der Waals surface area contributed by atoms with Crippen molar-refractivity contribution in [3.63, 3.8) is 0 Å². The highest BCUT2D eigenvalue weighted by Gasteiger charge is 2.11. The second-order valence-corrected chi connectivity index (χ2v) is 3.82. The number of benzene rings is 1. The molecule has 1 aromatic carbocycles. The van der Waals surface area contributed by atoms with E-state index in [9.17, 15) is 4.79 Å². The third kappa shape index (κ3) is 4.29. The lowest BCUT2D eigenvalue weighted by atomic mass is 10.0. The lowest BCUT2D eigenvalue weighted by Gasteiger charge is -2.06. The number of hydrogen-bond acceptors (Lipinski definition) is 2. The Kier molecular flexibility index (Phi) is 5.31. The summed E-state index contributed by atoms with van der Waals surface area (Å²) in [4.78, 5) is 11.5. The lowest BCUT2D eigenvalue weighted by Crippen LogP contribution is -2.29. The highest BCUT2D eigenvalue weighted by molar-refractivity contribution is 5.84. The van der Waals surface area contributed by atoms with Crippen LogP contribution in [-0.4, -0.2) is 11.8 Å². The first-order chi connectivity index (χ1) is 7.74. The van der Waals surface area contributed by atoms with E-state index >= 15 is 0 Å². The van der Waals surface area contributed by atoms with Crippen LogP contribution in [0.2, 0.25) is 0 Å². The summed E-state index contributed by atoms with van der Waals surface area (Å²) < 4.78 is 0. The topological polar surface area (TPSA) is 43.1 Å². The molecular weight excluding hydrogens is 198 g/mol. The summed E-state index contributed by atoms with van der Waals surface area (Å²) in [6, 6.07) is 9.62. The molecule has 0 bridgehead atoms. The number of ketones is 1. The molecule has 0 saturated carbocycles. The van der Waals surface area contributed by atoms with E-state index in [4.69, 9.17) is 12.2 Å². The first-order valence-electron chi connectivity index (χ1n) is 5.49. The summed E-state index contributed by atoms with van der Waals surface area (Å²) in [6.45, 7) is 0. The maximum Gasteiger partial charge on any atom is 0.150 e. The Bertz CT molecular complexity index is 364. The van der Waals surface area contributed by atoms with E-state index in [-0.39, 0.29) is 5.78 Å². The molecular formula is C14H17NO. The summed E-state index contributed by atoms with van der Waals surface area (Å²) in [5, 5.41) is 0. The monoisotopic (exact) mass is 215 g/mol. The highest BCUT2D eigenvalue weighted by Crippen LogP contribution is 2.06. The molecule has 0 saturated heterocycles. The minimum absolute atomic E-state index is 0.0638. The summed E-state index contributed by atoms with van der Waals surface area (Å²) in [6.07, 6.45) is 7.70. The van der Waals surface area contributed by atoms with E-state index in [2.05, 4.69) is 18.1 Å². The van der Waals surface area contributed by atoms with Gasteiger partial charge in [0, 0.05) is 12.8 Å². The van der Waals surface area contributed by atoms with Crippen molar-refractivity contribution in [2.45, 2.75) is 31.7 Å². The molecule has 2 nitrogen and oxygen atoms in total. The Morgan fingerprint density at radius 1 is 1.38 bits per heavy atom. The molecule has 1 atom stereocenters. The smallest absolute Gasteiger partial charge is 0.150 e. The molecule has 1 rings (SSSR count). The average Bonchev–Trinajstić information content (AvgIpc) is 2.30. The summed E-state index contributed by atoms with van der Waals surface area (Å²) in [5.41, 5.74) is 6.87. The second-order valence-electron chi connectivity index (χ2n) is 3.82. The van der Waals surface area contributed by atoms with Crippen LogP contribution in [0.4, 0.5) is 0 Å². The Balaban J connectivity index is 2.26. The van der Waals surface area contributed by atoms with Gasteiger partial charge in [-0.1, -0.05) is 30.3 Å². The van der Waals surface area contributed by atoms with Crippen LogP contribution in [0.15, 0.2) is 30.3 Å². The molecule has 0 aliphatic rings. The van der Waals surface area contributed by atoms with E-state index in [1.807, 2.05) is 18.2 Å². The van der Waals surface area contributed by atoms with Crippen LogP contribution in [0, 0.1) is 12.3 Å². The fraction of sp³-hybridized carbons (Fsp3) is 0.357. The van der Waals surface area contributed by atoms with Crippen molar-refractivity contribution < 1.29 is 4.79 Å². The van der Waals surface area contributed by atoms with Gasteiger partial charge in [-0.05, 0) is 18.4 Å². The minimum Gasteiger partial charge on any atom is -0.321 e. The van der Waals surface area contributed by atoms with Gasteiger partial charge in [0.1, 0.15) is 0 Å². The van der Waals surface area contributed by atoms with Gasteiger partial charge in [0.05, 0.1) is 6.04 Å². The molecule has 0 aromatic heterocycles. The van der Waals surface area contributed by atoms with Gasteiger partial charge in [0.25, 0.3) is 0 Å². The number of hydrogen-bond donors (Lipinski definition) is 1. The molecule has 0 radical (unpaired) electrons. The average molecular weight is 215 g/mol. The van der Waals surface area contributed by atoms with Crippen LogP contribution in [0.25, 0.3) is 0 Å². The van der Waals surface area contributed by atoms with Gasteiger partial charge >= 0.3 is 0 Å². The third-order valence-electron chi connectivity index (χ3n) is 2.48. The Morgan fingerprint density at radius 3 is 2.69 bits per heavy atom. The van der Waals surface area contributed by atoms with E-state index in [1.165, 1.54) is 5.56 Å². The van der Waals surface area contributed by atoms with Gasteiger partial charge < -0.3 is 5.73 Å². The van der Waals surface area contributed by atoms with Crippen LogP contribution in [0.5, 0.6) is 0 Å². The van der Waals surface area contributed by atoms with E-state index < -0.39 is 6.04 Å². The lowest BCUT2D eigenvalue weighted by molar-refractivity contribution is -0.120. The van der Waals surface area contributed by atoms with Crippen LogP contribution in [-0.2, 0) is 11.2 Å². The molecule has 0 fully saturated rings. The molecule has 84 valence electrons. The molecule has 2 heteroatoms. The quantitative estimate of drug-likeness (QED) is 0.737. The fourth-order valence-electron chi connectivity index (χ4n) is 1.54. The standard InChI is InChI=1S/C14H17NO/c1-2-7-13(15)14(16)11-6-10-12-8-4-3-5-9-12/h1,3-5,8-9,13H,6-7,10-11,15H2. The molecule has 0 amide bonds. The Morgan fingerprint density at radius 2 is 2.06 bits per heavy atom. The maximum atomic E-state index is 11.5. The fourth-order valence-corrected chi connectivity index (χ4v) is 1.54. The van der Waals surface area contributed by atoms with Crippen molar-refractivity contribution in [3.8, 4) is 12.3 Å². The molecule has 0 heterocycles. The molecule has 0 spiro atoms. The van der Waals surface area contributed by atoms with Gasteiger partial charge in [-0.15, -0.1) is 12.3 Å². The summed E-state index contributed by atoms with van der Waals surface area (Å²) in [7, 11) is 0. The van der Waals surface area contributed by atoms with Crippen LogP contribution >= 0.6 is 0 Å². The van der Waals surface area contributed by atoms with E-state index in [0.29, 0.717) is 12.8 Å². The predicted octanol–water partition coefficient (Wildman–Crippen LogP) is 1.93. The number of rotatable bonds is 6. The van der Waals surface area contributed by atoms with Gasteiger partial charge in [-0.25, -0.2) is 0 Å². The normalized spacial score (nSPS) is 11.8. The van der Waals surface area contributed by atoms with Gasteiger partial charge in [0.2, 0.25) is 0 Å². The number of nitrogens with two attached hydrogens (primary N) is 1. The number of Topliss-reactive ketones (excluding diaryl/α,β-unsaturated/α-hetero) is 1. The van der Waals surface area contributed by atoms with Crippen molar-refractivity contribution in [2.24, 2.45) is 5.73 Å². The SMILES string of the molecule is C#CCC(N)C(=O)CCCc1ccccc1. The van der Waals surface area contributed by atoms with Crippen molar-refractivity contribution in [3.05, 3.63) is 35.9 Å². The number of carbonyl (C=O) groups is 1. The van der Waals surface area contributed by atoms with Crippen molar-refractivity contribution in [1.82, 2.24) is 0 Å². The largest absolute Gasteiger partial charge is 0.321 e. The zero-order valence-electron chi connectivity index (χ0n) is 9.36. The third-order valence-corrected chi connectivity index (χ3v) is 2.48. The van der Waals surface area contributed by atoms with Crippen LogP contribution < -0.4 is 5.73 Å². The molecule has 0 aliphatic carbocycles. The maximum absolute atomic E-state index is 11.5. The molecule has 1 unspecified atom stereocenters. The number of terminal acetylenes is 1. The minimum atomic E-state index is -0.485. The van der Waals surface area contributed by atoms with Gasteiger partial charge in [-0.3, -0.25) is 4.79 Å². The van der Waals surface area contributed by atoms with Crippen molar-refractivity contribution in [1.29, 1.82) is 0 Å². The highest BCUT2D eigenvalue weighted by atomic mass is 16.1. The summed E-state index contributed by atoms with van der Waals surface area (Å²) in [5.74, 6) is 2.47. The molecule has 0 aliphatic heterocycles. The number of aryl methyl sites for hydroxylation is 1. The van der Waals surface area contributed by atoms with Crippen LogP contribution in [0.1, 0.15) is 24.8 Å². The summed E-state index contributed by atoms with van der Waals surface area (Å²) >= 11 is 0. The Hall–Kier alpha value is -1.59. The van der Waals surface area contributed by atoms with E-state index in [0.717, 1.165) is 12.8 Å². The van der Waals surface area contributed by atoms with Crippen molar-refractivity contribution >= 4 is 5.78 Å².